The number of aromatic nitrogens is 4. The highest BCUT2D eigenvalue weighted by Gasteiger charge is 2.11. The Morgan fingerprint density at radius 3 is 2.83 bits per heavy atom. The van der Waals surface area contributed by atoms with Crippen LogP contribution in [0.3, 0.4) is 0 Å². The van der Waals surface area contributed by atoms with Gasteiger partial charge in [-0.2, -0.15) is 0 Å². The van der Waals surface area contributed by atoms with Crippen LogP contribution >= 0.6 is 11.9 Å². The normalized spacial score (nSPS) is 11.5. The zero-order valence-corrected chi connectivity index (χ0v) is 16.7. The summed E-state index contributed by atoms with van der Waals surface area (Å²) < 4.78 is 28.1. The van der Waals surface area contributed by atoms with Gasteiger partial charge in [0.15, 0.2) is 0 Å². The van der Waals surface area contributed by atoms with Gasteiger partial charge in [0, 0.05) is 12.1 Å². The van der Waals surface area contributed by atoms with Gasteiger partial charge in [0.2, 0.25) is 0 Å². The van der Waals surface area contributed by atoms with E-state index < -0.39 is 12.1 Å². The number of alkyl halides is 2. The molecule has 0 unspecified atom stereocenters. The summed E-state index contributed by atoms with van der Waals surface area (Å²) in [5.74, 6) is 0.367. The van der Waals surface area contributed by atoms with Crippen LogP contribution in [0.4, 0.5) is 8.78 Å². The molecule has 0 aliphatic heterocycles. The van der Waals surface area contributed by atoms with Gasteiger partial charge in [-0.15, -0.1) is 0 Å². The number of hydrogen-bond donors (Lipinski definition) is 3. The molecule has 0 spiro atoms. The van der Waals surface area contributed by atoms with Gasteiger partial charge in [-0.25, -0.2) is 23.7 Å². The van der Waals surface area contributed by atoms with Crippen molar-refractivity contribution in [1.82, 2.24) is 24.7 Å². The van der Waals surface area contributed by atoms with Crippen molar-refractivity contribution >= 4 is 23.7 Å². The molecular formula is C20H20F2N6S. The van der Waals surface area contributed by atoms with Gasteiger partial charge in [-0.1, -0.05) is 30.1 Å². The van der Waals surface area contributed by atoms with E-state index in [2.05, 4.69) is 37.6 Å². The third-order valence-electron chi connectivity index (χ3n) is 4.32. The molecular weight excluding hydrogens is 394 g/mol. The molecule has 3 N–H and O–H groups in total. The van der Waals surface area contributed by atoms with Crippen molar-refractivity contribution in [3.63, 3.8) is 0 Å². The zero-order chi connectivity index (χ0) is 20.8. The summed E-state index contributed by atoms with van der Waals surface area (Å²) in [6.07, 6.45) is 4.60. The smallest absolute Gasteiger partial charge is 0.279 e. The molecule has 0 radical (unpaired) electrons. The van der Waals surface area contributed by atoms with E-state index in [1.54, 1.807) is 18.1 Å². The van der Waals surface area contributed by atoms with Gasteiger partial charge in [0.05, 0.1) is 29.0 Å². The van der Waals surface area contributed by atoms with Crippen molar-refractivity contribution in [2.75, 3.05) is 6.26 Å². The fourth-order valence-electron chi connectivity index (χ4n) is 2.75. The van der Waals surface area contributed by atoms with Gasteiger partial charge in [-0.3, -0.25) is 10.1 Å². The number of rotatable bonds is 8. The van der Waals surface area contributed by atoms with Crippen LogP contribution in [0.5, 0.6) is 0 Å². The zero-order valence-electron chi connectivity index (χ0n) is 15.9. The minimum absolute atomic E-state index is 0.367. The highest BCUT2D eigenvalue weighted by Crippen LogP contribution is 2.26. The maximum Gasteiger partial charge on any atom is 0.279 e. The number of imidazole rings is 1. The summed E-state index contributed by atoms with van der Waals surface area (Å²) in [4.78, 5) is 15.8. The van der Waals surface area contributed by atoms with Crippen LogP contribution in [0.25, 0.3) is 28.7 Å². The molecule has 3 aromatic rings. The van der Waals surface area contributed by atoms with Crippen LogP contribution in [0.2, 0.25) is 0 Å². The SMILES string of the molecule is CSNCc1cccc(-c2cc(-c3cnc(/C=C\C(=N)C(F)F)[nH]3)ncn2)c1C. The molecule has 0 atom stereocenters. The first-order valence-electron chi connectivity index (χ1n) is 8.76. The Hall–Kier alpha value is -2.91. The Morgan fingerprint density at radius 1 is 1.28 bits per heavy atom. The Bertz CT molecular complexity index is 1030. The highest BCUT2D eigenvalue weighted by atomic mass is 32.2. The molecule has 0 fully saturated rings. The lowest BCUT2D eigenvalue weighted by Gasteiger charge is -2.11. The molecule has 2 aromatic heterocycles. The first-order valence-corrected chi connectivity index (χ1v) is 9.99. The van der Waals surface area contributed by atoms with E-state index in [0.29, 0.717) is 17.2 Å². The van der Waals surface area contributed by atoms with E-state index >= 15 is 0 Å². The number of halogens is 2. The molecule has 0 saturated carbocycles. The fourth-order valence-corrected chi connectivity index (χ4v) is 3.05. The molecule has 150 valence electrons. The standard InChI is InChI=1S/C20H20F2N6S/c1-12-13(9-27-29-2)4-3-5-14(12)16-8-17(26-11-25-16)18-10-24-19(28-18)7-6-15(23)20(21)22/h3-8,10-11,20,23,27H,9H2,1-2H3,(H,24,28)/b7-6-,23-15?. The molecule has 0 aliphatic carbocycles. The van der Waals surface area contributed by atoms with Crippen LogP contribution < -0.4 is 4.72 Å². The first kappa shape index (κ1) is 20.8. The molecule has 3 rings (SSSR count). The third-order valence-corrected chi connectivity index (χ3v) is 4.76. The molecule has 0 amide bonds. The average Bonchev–Trinajstić information content (AvgIpc) is 3.20. The lowest BCUT2D eigenvalue weighted by atomic mass is 9.99. The van der Waals surface area contributed by atoms with Crippen LogP contribution in [-0.4, -0.2) is 38.3 Å². The summed E-state index contributed by atoms with van der Waals surface area (Å²) in [5.41, 5.74) is 4.63. The number of allylic oxidation sites excluding steroid dienone is 1. The molecule has 29 heavy (non-hydrogen) atoms. The van der Waals surface area contributed by atoms with Gasteiger partial charge in [0.1, 0.15) is 12.2 Å². The quantitative estimate of drug-likeness (QED) is 0.373. The third kappa shape index (κ3) is 5.12. The van der Waals surface area contributed by atoms with Crippen LogP contribution in [0, 0.1) is 12.3 Å². The van der Waals surface area contributed by atoms with E-state index in [1.165, 1.54) is 18.0 Å². The lowest BCUT2D eigenvalue weighted by Crippen LogP contribution is -2.04. The summed E-state index contributed by atoms with van der Waals surface area (Å²) in [7, 11) is 0. The highest BCUT2D eigenvalue weighted by molar-refractivity contribution is 7.96. The van der Waals surface area contributed by atoms with Crippen LogP contribution in [0.1, 0.15) is 17.0 Å². The maximum absolute atomic E-state index is 12.4. The lowest BCUT2D eigenvalue weighted by molar-refractivity contribution is 0.226. The van der Waals surface area contributed by atoms with Gasteiger partial charge < -0.3 is 4.98 Å². The Balaban J connectivity index is 1.87. The minimum atomic E-state index is -2.81. The molecule has 9 heteroatoms. The van der Waals surface area contributed by atoms with Crippen molar-refractivity contribution in [2.24, 2.45) is 0 Å². The Kier molecular flexibility index (Phi) is 6.84. The van der Waals surface area contributed by atoms with E-state index in [0.717, 1.165) is 29.4 Å². The number of hydrogen-bond acceptors (Lipinski definition) is 6. The summed E-state index contributed by atoms with van der Waals surface area (Å²) in [6.45, 7) is 2.81. The van der Waals surface area contributed by atoms with Crippen molar-refractivity contribution < 1.29 is 8.78 Å². The molecule has 0 aliphatic rings. The maximum atomic E-state index is 12.4. The van der Waals surface area contributed by atoms with Crippen LogP contribution in [-0.2, 0) is 6.54 Å². The second-order valence-electron chi connectivity index (χ2n) is 6.17. The number of H-pyrrole nitrogens is 1. The van der Waals surface area contributed by atoms with E-state index in [4.69, 9.17) is 5.41 Å². The summed E-state index contributed by atoms with van der Waals surface area (Å²) in [5, 5.41) is 7.16. The summed E-state index contributed by atoms with van der Waals surface area (Å²) >= 11 is 1.57. The molecule has 0 bridgehead atoms. The minimum Gasteiger partial charge on any atom is -0.337 e. The fraction of sp³-hybridized carbons (Fsp3) is 0.200. The number of aromatic amines is 1. The number of benzene rings is 1. The molecule has 0 saturated heterocycles. The first-order chi connectivity index (χ1) is 14.0. The largest absolute Gasteiger partial charge is 0.337 e. The van der Waals surface area contributed by atoms with E-state index in [1.807, 2.05) is 24.5 Å². The number of nitrogens with one attached hydrogen (secondary N) is 3. The topological polar surface area (TPSA) is 90.3 Å². The van der Waals surface area contributed by atoms with Crippen molar-refractivity contribution in [2.45, 2.75) is 19.9 Å². The van der Waals surface area contributed by atoms with Crippen molar-refractivity contribution in [1.29, 1.82) is 5.41 Å². The Morgan fingerprint density at radius 2 is 2.07 bits per heavy atom. The number of nitrogens with zero attached hydrogens (tertiary/aromatic N) is 3. The molecule has 6 nitrogen and oxygen atoms in total. The van der Waals surface area contributed by atoms with Crippen molar-refractivity contribution in [3.8, 4) is 22.6 Å². The predicted molar refractivity (Wildman–Crippen MR) is 113 cm³/mol. The van der Waals surface area contributed by atoms with Gasteiger partial charge in [0.25, 0.3) is 6.43 Å². The van der Waals surface area contributed by atoms with E-state index in [-0.39, 0.29) is 0 Å². The second kappa shape index (κ2) is 9.53. The van der Waals surface area contributed by atoms with Crippen LogP contribution in [0.15, 0.2) is 42.9 Å². The average molecular weight is 414 g/mol. The second-order valence-corrected chi connectivity index (χ2v) is 6.87. The predicted octanol–water partition coefficient (Wildman–Crippen LogP) is 4.51. The Labute approximate surface area is 171 Å². The summed E-state index contributed by atoms with van der Waals surface area (Å²) in [6, 6.07) is 7.95. The monoisotopic (exact) mass is 414 g/mol. The van der Waals surface area contributed by atoms with Gasteiger partial charge in [-0.05, 0) is 42.5 Å². The van der Waals surface area contributed by atoms with Crippen molar-refractivity contribution in [3.05, 3.63) is 59.8 Å². The van der Waals surface area contributed by atoms with E-state index in [9.17, 15) is 8.78 Å². The van der Waals surface area contributed by atoms with Gasteiger partial charge >= 0.3 is 0 Å². The molecule has 2 heterocycles. The molecule has 1 aromatic carbocycles.